The van der Waals surface area contributed by atoms with Crippen LogP contribution in [0.4, 0.5) is 4.79 Å². The van der Waals surface area contributed by atoms with E-state index in [0.29, 0.717) is 0 Å². The van der Waals surface area contributed by atoms with E-state index >= 15 is 0 Å². The third-order valence-electron chi connectivity index (χ3n) is 3.58. The van der Waals surface area contributed by atoms with Crippen LogP contribution < -0.4 is 10.6 Å². The van der Waals surface area contributed by atoms with E-state index in [1.54, 1.807) is 13.8 Å². The molecule has 1 aliphatic rings. The zero-order chi connectivity index (χ0) is 15.1. The molecule has 1 aliphatic heterocycles. The van der Waals surface area contributed by atoms with Crippen molar-refractivity contribution in [3.05, 3.63) is 0 Å². The Morgan fingerprint density at radius 1 is 1.10 bits per heavy atom. The van der Waals surface area contributed by atoms with Crippen molar-refractivity contribution in [3.8, 4) is 0 Å². The van der Waals surface area contributed by atoms with Gasteiger partial charge in [0.2, 0.25) is 0 Å². The number of hydrogen-bond acceptors (Lipinski definition) is 3. The van der Waals surface area contributed by atoms with Gasteiger partial charge in [-0.1, -0.05) is 20.3 Å². The smallest absolute Gasteiger partial charge is 0.326 e. The molecule has 6 heteroatoms. The fourth-order valence-corrected chi connectivity index (χ4v) is 2.50. The number of nitrogens with one attached hydrogen (secondary N) is 2. The van der Waals surface area contributed by atoms with Crippen molar-refractivity contribution < 1.29 is 14.7 Å². The van der Waals surface area contributed by atoms with Crippen molar-refractivity contribution in [3.63, 3.8) is 0 Å². The Kier molecular flexibility index (Phi) is 6.78. The zero-order valence-electron chi connectivity index (χ0n) is 12.7. The van der Waals surface area contributed by atoms with Gasteiger partial charge >= 0.3 is 12.0 Å². The summed E-state index contributed by atoms with van der Waals surface area (Å²) in [4.78, 5) is 25.2. The number of nitrogens with zero attached hydrogens (tertiary/aromatic N) is 1. The highest BCUT2D eigenvalue weighted by Gasteiger charge is 2.24. The zero-order valence-corrected chi connectivity index (χ0v) is 12.7. The summed E-state index contributed by atoms with van der Waals surface area (Å²) >= 11 is 0. The highest BCUT2D eigenvalue weighted by Crippen LogP contribution is 2.08. The second-order valence-corrected chi connectivity index (χ2v) is 5.94. The van der Waals surface area contributed by atoms with Crippen LogP contribution in [-0.2, 0) is 4.79 Å². The molecule has 1 saturated heterocycles. The van der Waals surface area contributed by atoms with Crippen molar-refractivity contribution >= 4 is 12.0 Å². The molecule has 2 atom stereocenters. The molecule has 0 spiro atoms. The molecular formula is C14H27N3O3. The molecule has 116 valence electrons. The molecule has 1 heterocycles. The standard InChI is InChI=1S/C14H27N3O3/c1-10(2)12(13(18)19)16-14(20)15-11(3)9-17-7-5-4-6-8-17/h10-12H,4-9H2,1-3H3,(H,18,19)(H2,15,16,20). The number of aliphatic carboxylic acids is 1. The lowest BCUT2D eigenvalue weighted by atomic mass is 10.1. The molecule has 0 aromatic heterocycles. The maximum absolute atomic E-state index is 11.8. The Balaban J connectivity index is 2.34. The minimum atomic E-state index is -1.00. The van der Waals surface area contributed by atoms with Gasteiger partial charge < -0.3 is 20.6 Å². The first kappa shape index (κ1) is 16.8. The minimum absolute atomic E-state index is 0.00899. The van der Waals surface area contributed by atoms with Crippen molar-refractivity contribution in [1.82, 2.24) is 15.5 Å². The van der Waals surface area contributed by atoms with Crippen molar-refractivity contribution in [2.24, 2.45) is 5.92 Å². The van der Waals surface area contributed by atoms with Gasteiger partial charge in [-0.25, -0.2) is 9.59 Å². The average Bonchev–Trinajstić information content (AvgIpc) is 2.36. The molecule has 0 aromatic rings. The van der Waals surface area contributed by atoms with Crippen molar-refractivity contribution in [2.45, 2.75) is 52.1 Å². The van der Waals surface area contributed by atoms with E-state index in [4.69, 9.17) is 5.11 Å². The largest absolute Gasteiger partial charge is 0.480 e. The lowest BCUT2D eigenvalue weighted by Crippen LogP contribution is -2.52. The minimum Gasteiger partial charge on any atom is -0.480 e. The van der Waals surface area contributed by atoms with Crippen LogP contribution in [0.15, 0.2) is 0 Å². The lowest BCUT2D eigenvalue weighted by molar-refractivity contribution is -0.140. The van der Waals surface area contributed by atoms with E-state index < -0.39 is 18.0 Å². The molecule has 0 radical (unpaired) electrons. The molecule has 2 unspecified atom stereocenters. The quantitative estimate of drug-likeness (QED) is 0.686. The number of carboxylic acid groups (broad SMARTS) is 1. The lowest BCUT2D eigenvalue weighted by Gasteiger charge is -2.29. The number of carboxylic acids is 1. The second-order valence-electron chi connectivity index (χ2n) is 5.94. The summed E-state index contributed by atoms with van der Waals surface area (Å²) in [6.07, 6.45) is 3.72. The van der Waals surface area contributed by atoms with E-state index in [0.717, 1.165) is 19.6 Å². The van der Waals surface area contributed by atoms with Crippen LogP contribution in [0.3, 0.4) is 0 Å². The van der Waals surface area contributed by atoms with Gasteiger partial charge in [0.25, 0.3) is 0 Å². The van der Waals surface area contributed by atoms with Gasteiger partial charge in [-0.05, 0) is 38.8 Å². The summed E-state index contributed by atoms with van der Waals surface area (Å²) in [5.41, 5.74) is 0. The molecular weight excluding hydrogens is 258 g/mol. The Bertz CT molecular complexity index is 328. The number of carbonyl (C=O) groups is 2. The molecule has 1 fully saturated rings. The molecule has 0 aromatic carbocycles. The Hall–Kier alpha value is -1.30. The van der Waals surface area contributed by atoms with Crippen molar-refractivity contribution in [1.29, 1.82) is 0 Å². The number of urea groups is 1. The topological polar surface area (TPSA) is 81.7 Å². The molecule has 0 saturated carbocycles. The van der Waals surface area contributed by atoms with Gasteiger partial charge in [0.1, 0.15) is 6.04 Å². The highest BCUT2D eigenvalue weighted by molar-refractivity contribution is 5.82. The fourth-order valence-electron chi connectivity index (χ4n) is 2.50. The normalized spacial score (nSPS) is 19.4. The van der Waals surface area contributed by atoms with E-state index in [1.807, 2.05) is 6.92 Å². The number of rotatable bonds is 6. The van der Waals surface area contributed by atoms with Gasteiger partial charge in [0.15, 0.2) is 0 Å². The summed E-state index contributed by atoms with van der Waals surface area (Å²) in [5.74, 6) is -1.14. The Morgan fingerprint density at radius 2 is 1.70 bits per heavy atom. The molecule has 3 N–H and O–H groups in total. The summed E-state index contributed by atoms with van der Waals surface area (Å²) in [7, 11) is 0. The van der Waals surface area contributed by atoms with E-state index in [9.17, 15) is 9.59 Å². The van der Waals surface area contributed by atoms with Crippen LogP contribution in [-0.4, -0.2) is 53.7 Å². The third kappa shape index (κ3) is 5.77. The first-order valence-corrected chi connectivity index (χ1v) is 7.42. The third-order valence-corrected chi connectivity index (χ3v) is 3.58. The molecule has 2 amide bonds. The van der Waals surface area contributed by atoms with Crippen LogP contribution in [0.25, 0.3) is 0 Å². The summed E-state index contributed by atoms with van der Waals surface area (Å²) in [6, 6.07) is -1.25. The predicted molar refractivity (Wildman–Crippen MR) is 77.7 cm³/mol. The number of likely N-dealkylation sites (tertiary alicyclic amines) is 1. The Labute approximate surface area is 120 Å². The van der Waals surface area contributed by atoms with E-state index in [2.05, 4.69) is 15.5 Å². The summed E-state index contributed by atoms with van der Waals surface area (Å²) in [6.45, 7) is 8.47. The van der Waals surface area contributed by atoms with Crippen LogP contribution in [0.1, 0.15) is 40.0 Å². The van der Waals surface area contributed by atoms with Crippen LogP contribution in [0, 0.1) is 5.92 Å². The number of amides is 2. The van der Waals surface area contributed by atoms with Gasteiger partial charge in [-0.15, -0.1) is 0 Å². The van der Waals surface area contributed by atoms with E-state index in [1.165, 1.54) is 19.3 Å². The highest BCUT2D eigenvalue weighted by atomic mass is 16.4. The van der Waals surface area contributed by atoms with Crippen LogP contribution in [0.5, 0.6) is 0 Å². The molecule has 0 aliphatic carbocycles. The molecule has 20 heavy (non-hydrogen) atoms. The number of carbonyl (C=O) groups excluding carboxylic acids is 1. The Morgan fingerprint density at radius 3 is 2.20 bits per heavy atom. The first-order valence-electron chi connectivity index (χ1n) is 7.42. The number of hydrogen-bond donors (Lipinski definition) is 3. The predicted octanol–water partition coefficient (Wildman–Crippen LogP) is 1.27. The maximum Gasteiger partial charge on any atom is 0.326 e. The summed E-state index contributed by atoms with van der Waals surface area (Å²) in [5, 5.41) is 14.4. The molecule has 0 bridgehead atoms. The van der Waals surface area contributed by atoms with Gasteiger partial charge in [0, 0.05) is 12.6 Å². The van der Waals surface area contributed by atoms with Gasteiger partial charge in [0.05, 0.1) is 0 Å². The van der Waals surface area contributed by atoms with Gasteiger partial charge in [-0.2, -0.15) is 0 Å². The van der Waals surface area contributed by atoms with Gasteiger partial charge in [-0.3, -0.25) is 0 Å². The van der Waals surface area contributed by atoms with Crippen molar-refractivity contribution in [2.75, 3.05) is 19.6 Å². The number of piperidine rings is 1. The molecule has 1 rings (SSSR count). The SMILES string of the molecule is CC(CN1CCCCC1)NC(=O)NC(C(=O)O)C(C)C. The summed E-state index contributed by atoms with van der Waals surface area (Å²) < 4.78 is 0. The van der Waals surface area contributed by atoms with E-state index in [-0.39, 0.29) is 12.0 Å². The molecule has 6 nitrogen and oxygen atoms in total. The van der Waals surface area contributed by atoms with Crippen LogP contribution in [0.2, 0.25) is 0 Å². The monoisotopic (exact) mass is 285 g/mol. The second kappa shape index (κ2) is 8.09. The average molecular weight is 285 g/mol. The first-order chi connectivity index (χ1) is 9.40. The fraction of sp³-hybridized carbons (Fsp3) is 0.857. The maximum atomic E-state index is 11.8. The van der Waals surface area contributed by atoms with Crippen LogP contribution >= 0.6 is 0 Å².